The normalized spacial score (nSPS) is 16.7. The van der Waals surface area contributed by atoms with Crippen LogP contribution in [0.3, 0.4) is 0 Å². The summed E-state index contributed by atoms with van der Waals surface area (Å²) in [4.78, 5) is 8.76. The quantitative estimate of drug-likeness (QED) is 0.648. The Morgan fingerprint density at radius 2 is 1.88 bits per heavy atom. The molecule has 0 radical (unpaired) electrons. The average molecular weight is 374 g/mol. The number of aromatic nitrogens is 1. The van der Waals surface area contributed by atoms with Gasteiger partial charge >= 0.3 is 0 Å². The fourth-order valence-electron chi connectivity index (χ4n) is 3.44. The Hall–Kier alpha value is -1.46. The van der Waals surface area contributed by atoms with Gasteiger partial charge in [-0.2, -0.15) is 0 Å². The molecule has 2 aromatic rings. The minimum absolute atomic E-state index is 0.0558. The number of nitrogens with zero attached hydrogens (tertiary/aromatic N) is 2. The molecule has 0 fully saturated rings. The third-order valence-electron chi connectivity index (χ3n) is 4.58. The van der Waals surface area contributed by atoms with E-state index < -0.39 is 0 Å². The number of rotatable bonds is 5. The fourth-order valence-corrected chi connectivity index (χ4v) is 4.89. The molecule has 1 N–H and O–H groups in total. The molecule has 0 spiro atoms. The van der Waals surface area contributed by atoms with Crippen LogP contribution in [0.15, 0.2) is 18.2 Å². The van der Waals surface area contributed by atoms with E-state index in [9.17, 15) is 0 Å². The van der Waals surface area contributed by atoms with Crippen molar-refractivity contribution < 1.29 is 0 Å². The van der Waals surface area contributed by atoms with Crippen LogP contribution in [0.1, 0.15) is 63.9 Å². The second-order valence-corrected chi connectivity index (χ2v) is 8.81. The lowest BCUT2D eigenvalue weighted by atomic mass is 10.0. The van der Waals surface area contributed by atoms with Gasteiger partial charge in [-0.05, 0) is 37.8 Å². The van der Waals surface area contributed by atoms with Gasteiger partial charge in [-0.3, -0.25) is 0 Å². The maximum atomic E-state index is 5.27. The van der Waals surface area contributed by atoms with Crippen LogP contribution in [0, 0.1) is 0 Å². The third-order valence-corrected chi connectivity index (χ3v) is 6.24. The molecule has 1 aromatic heterocycles. The van der Waals surface area contributed by atoms with E-state index in [4.69, 9.17) is 17.2 Å². The van der Waals surface area contributed by atoms with E-state index in [1.165, 1.54) is 21.8 Å². The van der Waals surface area contributed by atoms with Gasteiger partial charge in [-0.15, -0.1) is 11.3 Å². The predicted octanol–water partition coefficient (Wildman–Crippen LogP) is 6.02. The summed E-state index contributed by atoms with van der Waals surface area (Å²) >= 11 is 7.09. The van der Waals surface area contributed by atoms with Gasteiger partial charge < -0.3 is 10.2 Å². The molecule has 0 aliphatic carbocycles. The molecule has 25 heavy (non-hydrogen) atoms. The highest BCUT2D eigenvalue weighted by Crippen LogP contribution is 2.45. The van der Waals surface area contributed by atoms with E-state index in [0.29, 0.717) is 17.9 Å². The molecule has 1 aliphatic rings. The number of benzene rings is 1. The minimum Gasteiger partial charge on any atom is -0.359 e. The molecule has 1 atom stereocenters. The summed E-state index contributed by atoms with van der Waals surface area (Å²) in [5.74, 6) is 0.933. The number of anilines is 2. The van der Waals surface area contributed by atoms with Gasteiger partial charge in [0.25, 0.3) is 0 Å². The average Bonchev–Trinajstić information content (AvgIpc) is 3.15. The summed E-state index contributed by atoms with van der Waals surface area (Å²) in [6, 6.07) is 6.85. The van der Waals surface area contributed by atoms with Crippen LogP contribution in [-0.4, -0.2) is 22.6 Å². The minimum atomic E-state index is 0.0558. The van der Waals surface area contributed by atoms with E-state index in [1.807, 2.05) is 16.7 Å². The predicted molar refractivity (Wildman–Crippen MR) is 114 cm³/mol. The molecular weight excluding hydrogens is 346 g/mol. The molecule has 0 saturated carbocycles. The molecule has 0 saturated heterocycles. The zero-order valence-electron chi connectivity index (χ0n) is 15.8. The summed E-state index contributed by atoms with van der Waals surface area (Å²) in [5, 5.41) is 6.52. The summed E-state index contributed by atoms with van der Waals surface area (Å²) in [6.45, 7) is 13.3. The monoisotopic (exact) mass is 373 g/mol. The second-order valence-electron chi connectivity index (χ2n) is 7.50. The van der Waals surface area contributed by atoms with Gasteiger partial charge in [-0.25, -0.2) is 4.98 Å². The van der Waals surface area contributed by atoms with Crippen molar-refractivity contribution in [2.75, 3.05) is 10.2 Å². The van der Waals surface area contributed by atoms with Gasteiger partial charge in [0.1, 0.15) is 11.2 Å². The number of fused-ring (bicyclic) bond motifs is 1. The van der Waals surface area contributed by atoms with Crippen LogP contribution in [0.4, 0.5) is 11.4 Å². The summed E-state index contributed by atoms with van der Waals surface area (Å²) in [5.41, 5.74) is 4.78. The standard InChI is InChI=1S/C20H27N3S2/c1-11(2)17-19(12(3)4)25-20(22-17)14-8-7-9-15-18(14)21-16(10-24)23(15)13(5)6/h7-13,16,21H,1-6H3. The molecule has 1 unspecified atom stereocenters. The Morgan fingerprint density at radius 1 is 1.16 bits per heavy atom. The lowest BCUT2D eigenvalue weighted by molar-refractivity contribution is 0.694. The molecule has 0 bridgehead atoms. The van der Waals surface area contributed by atoms with Crippen molar-refractivity contribution in [3.63, 3.8) is 0 Å². The third kappa shape index (κ3) is 3.20. The van der Waals surface area contributed by atoms with Gasteiger partial charge in [0, 0.05) is 21.8 Å². The van der Waals surface area contributed by atoms with Crippen molar-refractivity contribution in [2.45, 2.75) is 65.6 Å². The van der Waals surface area contributed by atoms with E-state index >= 15 is 0 Å². The molecule has 1 aliphatic heterocycles. The van der Waals surface area contributed by atoms with Crippen molar-refractivity contribution in [3.8, 4) is 10.6 Å². The molecule has 134 valence electrons. The van der Waals surface area contributed by atoms with Crippen LogP contribution in [-0.2, 0) is 0 Å². The first-order chi connectivity index (χ1) is 11.8. The molecule has 3 rings (SSSR count). The number of hydrogen-bond acceptors (Lipinski definition) is 5. The van der Waals surface area contributed by atoms with Crippen molar-refractivity contribution >= 4 is 40.3 Å². The van der Waals surface area contributed by atoms with E-state index in [-0.39, 0.29) is 6.17 Å². The van der Waals surface area contributed by atoms with Crippen LogP contribution < -0.4 is 10.2 Å². The molecule has 1 aromatic carbocycles. The van der Waals surface area contributed by atoms with Crippen molar-refractivity contribution in [2.24, 2.45) is 0 Å². The topological polar surface area (TPSA) is 28.2 Å². The van der Waals surface area contributed by atoms with Crippen LogP contribution in [0.5, 0.6) is 0 Å². The lowest BCUT2D eigenvalue weighted by Crippen LogP contribution is -2.41. The van der Waals surface area contributed by atoms with E-state index in [2.05, 4.69) is 70.0 Å². The summed E-state index contributed by atoms with van der Waals surface area (Å²) < 4.78 is 0. The molecule has 3 nitrogen and oxygen atoms in total. The maximum absolute atomic E-state index is 5.27. The van der Waals surface area contributed by atoms with Crippen LogP contribution in [0.2, 0.25) is 0 Å². The van der Waals surface area contributed by atoms with Gasteiger partial charge in [0.2, 0.25) is 0 Å². The number of nitrogens with one attached hydrogen (secondary N) is 1. The molecule has 2 heterocycles. The Morgan fingerprint density at radius 3 is 2.40 bits per heavy atom. The molecular formula is C20H27N3S2. The smallest absolute Gasteiger partial charge is 0.129 e. The number of hydrogen-bond donors (Lipinski definition) is 1. The Kier molecular flexibility index (Phi) is 5.16. The Balaban J connectivity index is 2.13. The van der Waals surface area contributed by atoms with Crippen molar-refractivity contribution in [1.29, 1.82) is 0 Å². The Bertz CT molecular complexity index is 752. The van der Waals surface area contributed by atoms with Gasteiger partial charge in [0.05, 0.1) is 17.1 Å². The summed E-state index contributed by atoms with van der Waals surface area (Å²) in [6.07, 6.45) is 0.0558. The number of thiazole rings is 1. The zero-order valence-corrected chi connectivity index (χ0v) is 17.5. The van der Waals surface area contributed by atoms with Gasteiger partial charge in [-0.1, -0.05) is 46.0 Å². The molecule has 5 heteroatoms. The zero-order chi connectivity index (χ0) is 18.3. The van der Waals surface area contributed by atoms with E-state index in [1.54, 1.807) is 0 Å². The first-order valence-corrected chi connectivity index (χ1v) is 10.3. The first-order valence-electron chi connectivity index (χ1n) is 8.99. The summed E-state index contributed by atoms with van der Waals surface area (Å²) in [7, 11) is 0. The highest BCUT2D eigenvalue weighted by molar-refractivity contribution is 7.79. The number of para-hydroxylation sites is 1. The highest BCUT2D eigenvalue weighted by atomic mass is 32.1. The largest absolute Gasteiger partial charge is 0.359 e. The number of thiocarbonyl (C=S) groups is 1. The van der Waals surface area contributed by atoms with Crippen molar-refractivity contribution in [1.82, 2.24) is 4.98 Å². The second kappa shape index (κ2) is 7.04. The van der Waals surface area contributed by atoms with Crippen LogP contribution >= 0.6 is 23.6 Å². The van der Waals surface area contributed by atoms with Crippen molar-refractivity contribution in [3.05, 3.63) is 28.8 Å². The molecule has 0 amide bonds. The lowest BCUT2D eigenvalue weighted by Gasteiger charge is -2.28. The maximum Gasteiger partial charge on any atom is 0.129 e. The van der Waals surface area contributed by atoms with E-state index in [0.717, 1.165) is 10.7 Å². The Labute approximate surface area is 160 Å². The highest BCUT2D eigenvalue weighted by Gasteiger charge is 2.32. The van der Waals surface area contributed by atoms with Crippen LogP contribution in [0.25, 0.3) is 10.6 Å². The van der Waals surface area contributed by atoms with Gasteiger partial charge in [0.15, 0.2) is 0 Å². The first kappa shape index (κ1) is 18.3. The SMILES string of the molecule is CC(C)c1nc(-c2cccc3c2NC(C=S)N3C(C)C)sc1C(C)C. The fraction of sp³-hybridized carbons (Fsp3) is 0.500.